The number of piperazine rings is 1. The third-order valence-corrected chi connectivity index (χ3v) is 4.79. The summed E-state index contributed by atoms with van der Waals surface area (Å²) in [6.45, 7) is 5.99. The number of aromatic nitrogens is 1. The van der Waals surface area contributed by atoms with E-state index in [0.717, 1.165) is 18.9 Å². The molecule has 1 saturated heterocycles. The fraction of sp³-hybridized carbons (Fsp3) is 0.412. The van der Waals surface area contributed by atoms with E-state index in [2.05, 4.69) is 41.7 Å². The number of likely N-dealkylation sites (N-methyl/N-ethyl adjacent to an activating group) is 1. The molecule has 1 aromatic heterocycles. The van der Waals surface area contributed by atoms with Crippen LogP contribution in [-0.4, -0.2) is 47.0 Å². The van der Waals surface area contributed by atoms with Crippen LogP contribution >= 0.6 is 0 Å². The predicted octanol–water partition coefficient (Wildman–Crippen LogP) is 2.54. The Bertz CT molecular complexity index is 833. The molecule has 7 heteroatoms. The number of rotatable bonds is 2. The smallest absolute Gasteiger partial charge is 0.270 e. The number of hydrogen-bond donors (Lipinski definition) is 0. The van der Waals surface area contributed by atoms with Crippen molar-refractivity contribution in [2.24, 2.45) is 0 Å². The minimum atomic E-state index is -0.460. The van der Waals surface area contributed by atoms with Crippen LogP contribution in [0.5, 0.6) is 0 Å². The predicted molar refractivity (Wildman–Crippen MR) is 92.0 cm³/mol. The van der Waals surface area contributed by atoms with Gasteiger partial charge in [0.15, 0.2) is 0 Å². The second-order valence-electron chi connectivity index (χ2n) is 6.37. The summed E-state index contributed by atoms with van der Waals surface area (Å²) in [5, 5.41) is 20.9. The average Bonchev–Trinajstić information content (AvgIpc) is 2.57. The maximum absolute atomic E-state index is 11.0. The Morgan fingerprint density at radius 3 is 2.54 bits per heavy atom. The minimum absolute atomic E-state index is 0.0320. The van der Waals surface area contributed by atoms with Crippen LogP contribution in [0.4, 0.5) is 11.5 Å². The molecule has 1 fully saturated rings. The quantitative estimate of drug-likeness (QED) is 0.623. The number of benzene rings is 1. The summed E-state index contributed by atoms with van der Waals surface area (Å²) in [6, 6.07) is 9.10. The second kappa shape index (κ2) is 6.06. The van der Waals surface area contributed by atoms with Gasteiger partial charge in [-0.2, -0.15) is 5.26 Å². The summed E-state index contributed by atoms with van der Waals surface area (Å²) < 4.78 is 0. The first-order valence-corrected chi connectivity index (χ1v) is 7.87. The van der Waals surface area contributed by atoms with Crippen molar-refractivity contribution < 1.29 is 4.92 Å². The van der Waals surface area contributed by atoms with Crippen LogP contribution in [0.25, 0.3) is 10.9 Å². The van der Waals surface area contributed by atoms with Gasteiger partial charge in [-0.05, 0) is 33.0 Å². The van der Waals surface area contributed by atoms with E-state index in [-0.39, 0.29) is 5.69 Å². The van der Waals surface area contributed by atoms with Crippen molar-refractivity contribution in [3.8, 4) is 6.07 Å². The number of fused-ring (bicyclic) bond motifs is 1. The number of nitriles is 1. The van der Waals surface area contributed by atoms with Crippen molar-refractivity contribution in [2.45, 2.75) is 25.9 Å². The molecule has 1 aromatic carbocycles. The van der Waals surface area contributed by atoms with Crippen LogP contribution in [0.15, 0.2) is 24.3 Å². The highest BCUT2D eigenvalue weighted by Crippen LogP contribution is 2.28. The van der Waals surface area contributed by atoms with E-state index < -0.39 is 4.92 Å². The first kappa shape index (κ1) is 16.1. The van der Waals surface area contributed by atoms with Gasteiger partial charge in [-0.25, -0.2) is 4.98 Å². The molecule has 1 aliphatic heterocycles. The number of nitro groups is 1. The molecule has 0 amide bonds. The molecule has 2 heterocycles. The van der Waals surface area contributed by atoms with Crippen molar-refractivity contribution in [3.63, 3.8) is 0 Å². The Kier molecular flexibility index (Phi) is 4.08. The summed E-state index contributed by atoms with van der Waals surface area (Å²) in [7, 11) is 2.11. The third-order valence-electron chi connectivity index (χ3n) is 4.79. The highest BCUT2D eigenvalue weighted by Gasteiger charge is 2.27. The lowest BCUT2D eigenvalue weighted by Crippen LogP contribution is -2.55. The molecule has 3 rings (SSSR count). The van der Waals surface area contributed by atoms with Gasteiger partial charge in [0.05, 0.1) is 22.1 Å². The molecule has 0 saturated carbocycles. The zero-order chi connectivity index (χ0) is 17.4. The molecule has 0 aliphatic carbocycles. The highest BCUT2D eigenvalue weighted by atomic mass is 16.6. The monoisotopic (exact) mass is 325 g/mol. The van der Waals surface area contributed by atoms with Gasteiger partial charge in [0.1, 0.15) is 5.82 Å². The number of anilines is 1. The molecule has 2 atom stereocenters. The first-order valence-electron chi connectivity index (χ1n) is 7.87. The van der Waals surface area contributed by atoms with Crippen molar-refractivity contribution in [2.75, 3.05) is 25.0 Å². The Hall–Kier alpha value is -2.72. The lowest BCUT2D eigenvalue weighted by molar-refractivity contribution is -0.384. The molecular formula is C17H19N5O2. The van der Waals surface area contributed by atoms with Crippen LogP contribution in [0.3, 0.4) is 0 Å². The Morgan fingerprint density at radius 2 is 1.96 bits per heavy atom. The van der Waals surface area contributed by atoms with Crippen molar-refractivity contribution >= 4 is 22.4 Å². The second-order valence-corrected chi connectivity index (χ2v) is 6.37. The number of nitro benzene ring substituents is 1. The number of hydrogen-bond acceptors (Lipinski definition) is 6. The first-order chi connectivity index (χ1) is 11.4. The summed E-state index contributed by atoms with van der Waals surface area (Å²) >= 11 is 0. The molecule has 24 heavy (non-hydrogen) atoms. The summed E-state index contributed by atoms with van der Waals surface area (Å²) in [5.41, 5.74) is 0.988. The molecular weight excluding hydrogens is 306 g/mol. The third kappa shape index (κ3) is 2.76. The zero-order valence-electron chi connectivity index (χ0n) is 13.9. The molecule has 0 radical (unpaired) electrons. The van der Waals surface area contributed by atoms with E-state index in [1.807, 2.05) is 0 Å². The Balaban J connectivity index is 2.06. The van der Waals surface area contributed by atoms with Gasteiger partial charge in [0.25, 0.3) is 5.69 Å². The number of pyridine rings is 1. The van der Waals surface area contributed by atoms with Crippen molar-refractivity contribution in [1.29, 1.82) is 5.26 Å². The van der Waals surface area contributed by atoms with E-state index in [9.17, 15) is 15.4 Å². The highest BCUT2D eigenvalue weighted by molar-refractivity contribution is 5.88. The maximum Gasteiger partial charge on any atom is 0.270 e. The number of nitrogens with zero attached hydrogens (tertiary/aromatic N) is 5. The van der Waals surface area contributed by atoms with Crippen LogP contribution < -0.4 is 4.90 Å². The van der Waals surface area contributed by atoms with Crippen molar-refractivity contribution in [3.05, 3.63) is 39.9 Å². The van der Waals surface area contributed by atoms with E-state index in [1.165, 1.54) is 12.1 Å². The SMILES string of the molecule is CC1CN(c2cc(C#N)c3cc([N+](=O)[O-])ccc3n2)CC(C)N1C. The molecule has 0 bridgehead atoms. The van der Waals surface area contributed by atoms with E-state index in [4.69, 9.17) is 0 Å². The van der Waals surface area contributed by atoms with Gasteiger partial charge >= 0.3 is 0 Å². The van der Waals surface area contributed by atoms with Crippen LogP contribution in [0.2, 0.25) is 0 Å². The van der Waals surface area contributed by atoms with Gasteiger partial charge in [-0.15, -0.1) is 0 Å². The van der Waals surface area contributed by atoms with E-state index in [1.54, 1.807) is 12.1 Å². The number of non-ortho nitro benzene ring substituents is 1. The van der Waals surface area contributed by atoms with Gasteiger partial charge < -0.3 is 4.90 Å². The molecule has 7 nitrogen and oxygen atoms in total. The maximum atomic E-state index is 11.0. The lowest BCUT2D eigenvalue weighted by atomic mass is 10.1. The molecule has 1 aliphatic rings. The summed E-state index contributed by atoms with van der Waals surface area (Å²) in [6.07, 6.45) is 0. The van der Waals surface area contributed by atoms with Crippen LogP contribution in [-0.2, 0) is 0 Å². The Morgan fingerprint density at radius 1 is 1.29 bits per heavy atom. The summed E-state index contributed by atoms with van der Waals surface area (Å²) in [4.78, 5) is 19.6. The Labute approximate surface area is 140 Å². The fourth-order valence-electron chi connectivity index (χ4n) is 3.16. The molecule has 2 aromatic rings. The van der Waals surface area contributed by atoms with Crippen molar-refractivity contribution in [1.82, 2.24) is 9.88 Å². The normalized spacial score (nSPS) is 21.7. The van der Waals surface area contributed by atoms with Gasteiger partial charge in [-0.3, -0.25) is 15.0 Å². The summed E-state index contributed by atoms with van der Waals surface area (Å²) in [5.74, 6) is 0.750. The largest absolute Gasteiger partial charge is 0.353 e. The zero-order valence-corrected chi connectivity index (χ0v) is 13.9. The van der Waals surface area contributed by atoms with Gasteiger partial charge in [0.2, 0.25) is 0 Å². The van der Waals surface area contributed by atoms with Crippen LogP contribution in [0, 0.1) is 21.4 Å². The van der Waals surface area contributed by atoms with E-state index in [0.29, 0.717) is 28.6 Å². The molecule has 124 valence electrons. The van der Waals surface area contributed by atoms with E-state index >= 15 is 0 Å². The standard InChI is InChI=1S/C17H19N5O2/c1-11-9-21(10-12(2)20(11)3)17-6-13(8-18)15-7-14(22(23)24)4-5-16(15)19-17/h4-7,11-12H,9-10H2,1-3H3. The van der Waals surface area contributed by atoms with Crippen LogP contribution in [0.1, 0.15) is 19.4 Å². The average molecular weight is 325 g/mol. The molecule has 0 N–H and O–H groups in total. The topological polar surface area (TPSA) is 86.3 Å². The molecule has 2 unspecified atom stereocenters. The van der Waals surface area contributed by atoms with Gasteiger partial charge in [-0.1, -0.05) is 0 Å². The molecule has 0 spiro atoms. The minimum Gasteiger partial charge on any atom is -0.353 e. The lowest BCUT2D eigenvalue weighted by Gasteiger charge is -2.43. The van der Waals surface area contributed by atoms with Gasteiger partial charge in [0, 0.05) is 42.7 Å². The fourth-order valence-corrected chi connectivity index (χ4v) is 3.16.